The molecule has 0 unspecified atom stereocenters. The Morgan fingerprint density at radius 2 is 1.34 bits per heavy atom. The molecule has 2 heterocycles. The number of piperazine rings is 1. The summed E-state index contributed by atoms with van der Waals surface area (Å²) in [7, 11) is 2.09. The summed E-state index contributed by atoms with van der Waals surface area (Å²) in [6.45, 7) is 3.85. The number of likely N-dealkylation sites (N-methyl/N-ethyl adjacent to an activating group) is 1. The van der Waals surface area contributed by atoms with Gasteiger partial charge in [0.05, 0.1) is 16.6 Å². The molecule has 0 atom stereocenters. The molecule has 1 aromatic heterocycles. The molecule has 0 saturated carbocycles. The average molecular weight is 531 g/mol. The molecular formula is C28H24F6N4. The number of rotatable bonds is 4. The SMILES string of the molecule is CN1CCN(c2ccc(Nc3ccnc4ccc(-c5cc(C(F)(F)F)cc(C(F)(F)F)c5)cc34)cc2)CC1. The number of benzene rings is 3. The maximum absolute atomic E-state index is 13.4. The lowest BCUT2D eigenvalue weighted by Gasteiger charge is -2.34. The third-order valence-corrected chi connectivity index (χ3v) is 6.68. The number of pyridine rings is 1. The Morgan fingerprint density at radius 3 is 1.95 bits per heavy atom. The second-order valence-electron chi connectivity index (χ2n) is 9.35. The number of nitrogens with one attached hydrogen (secondary N) is 1. The van der Waals surface area contributed by atoms with Crippen LogP contribution in [0, 0.1) is 0 Å². The summed E-state index contributed by atoms with van der Waals surface area (Å²) < 4.78 is 80.3. The Hall–Kier alpha value is -3.79. The molecule has 1 saturated heterocycles. The largest absolute Gasteiger partial charge is 0.416 e. The van der Waals surface area contributed by atoms with Gasteiger partial charge < -0.3 is 15.1 Å². The first-order valence-electron chi connectivity index (χ1n) is 12.0. The van der Waals surface area contributed by atoms with Crippen molar-refractivity contribution in [1.29, 1.82) is 0 Å². The lowest BCUT2D eigenvalue weighted by atomic mass is 9.97. The van der Waals surface area contributed by atoms with E-state index < -0.39 is 23.5 Å². The van der Waals surface area contributed by atoms with Gasteiger partial charge in [0.2, 0.25) is 0 Å². The quantitative estimate of drug-likeness (QED) is 0.278. The predicted octanol–water partition coefficient (Wildman–Crippen LogP) is 7.43. The number of alkyl halides is 6. The third-order valence-electron chi connectivity index (χ3n) is 6.68. The molecule has 1 aliphatic rings. The van der Waals surface area contributed by atoms with Gasteiger partial charge >= 0.3 is 12.4 Å². The van der Waals surface area contributed by atoms with Gasteiger partial charge in [0.15, 0.2) is 0 Å². The Morgan fingerprint density at radius 1 is 0.711 bits per heavy atom. The lowest BCUT2D eigenvalue weighted by molar-refractivity contribution is -0.143. The summed E-state index contributed by atoms with van der Waals surface area (Å²) in [5, 5.41) is 3.88. The van der Waals surface area contributed by atoms with Crippen molar-refractivity contribution in [2.24, 2.45) is 0 Å². The van der Waals surface area contributed by atoms with Crippen LogP contribution in [0.15, 0.2) is 72.9 Å². The van der Waals surface area contributed by atoms with Crippen LogP contribution in [0.25, 0.3) is 22.0 Å². The number of nitrogens with zero attached hydrogens (tertiary/aromatic N) is 3. The zero-order chi connectivity index (χ0) is 27.1. The van der Waals surface area contributed by atoms with Crippen molar-refractivity contribution in [3.63, 3.8) is 0 Å². The van der Waals surface area contributed by atoms with E-state index in [9.17, 15) is 26.3 Å². The van der Waals surface area contributed by atoms with E-state index in [-0.39, 0.29) is 17.2 Å². The van der Waals surface area contributed by atoms with E-state index in [1.165, 1.54) is 6.07 Å². The highest BCUT2D eigenvalue weighted by Crippen LogP contribution is 2.39. The van der Waals surface area contributed by atoms with Gasteiger partial charge in [0.1, 0.15) is 0 Å². The molecule has 3 aromatic carbocycles. The van der Waals surface area contributed by atoms with Gasteiger partial charge in [0, 0.05) is 54.8 Å². The molecule has 198 valence electrons. The minimum atomic E-state index is -4.92. The average Bonchev–Trinajstić information content (AvgIpc) is 2.88. The predicted molar refractivity (Wildman–Crippen MR) is 137 cm³/mol. The molecule has 0 spiro atoms. The van der Waals surface area contributed by atoms with E-state index in [2.05, 4.69) is 27.1 Å². The fourth-order valence-electron chi connectivity index (χ4n) is 4.53. The van der Waals surface area contributed by atoms with Crippen LogP contribution in [0.1, 0.15) is 11.1 Å². The van der Waals surface area contributed by atoms with Crippen molar-refractivity contribution in [2.75, 3.05) is 43.4 Å². The monoisotopic (exact) mass is 530 g/mol. The van der Waals surface area contributed by atoms with Gasteiger partial charge in [0.25, 0.3) is 0 Å². The fourth-order valence-corrected chi connectivity index (χ4v) is 4.53. The first-order chi connectivity index (χ1) is 18.0. The van der Waals surface area contributed by atoms with Crippen LogP contribution in [0.3, 0.4) is 0 Å². The summed E-state index contributed by atoms with van der Waals surface area (Å²) in [6.07, 6.45) is -8.25. The van der Waals surface area contributed by atoms with Crippen LogP contribution in [0.5, 0.6) is 0 Å². The summed E-state index contributed by atoms with van der Waals surface area (Å²) in [6, 6.07) is 15.8. The second-order valence-corrected chi connectivity index (χ2v) is 9.35. The minimum absolute atomic E-state index is 0.130. The maximum Gasteiger partial charge on any atom is 0.416 e. The minimum Gasteiger partial charge on any atom is -0.369 e. The smallest absolute Gasteiger partial charge is 0.369 e. The second kappa shape index (κ2) is 9.83. The van der Waals surface area contributed by atoms with Crippen LogP contribution in [0.2, 0.25) is 0 Å². The van der Waals surface area contributed by atoms with Gasteiger partial charge in [-0.05, 0) is 78.8 Å². The van der Waals surface area contributed by atoms with Crippen LogP contribution in [-0.4, -0.2) is 43.1 Å². The topological polar surface area (TPSA) is 31.4 Å². The van der Waals surface area contributed by atoms with E-state index in [1.807, 2.05) is 24.3 Å². The van der Waals surface area contributed by atoms with Crippen LogP contribution >= 0.6 is 0 Å². The van der Waals surface area contributed by atoms with Gasteiger partial charge in [-0.2, -0.15) is 26.3 Å². The highest BCUT2D eigenvalue weighted by atomic mass is 19.4. The molecule has 1 N–H and O–H groups in total. The summed E-state index contributed by atoms with van der Waals surface area (Å²) >= 11 is 0. The van der Waals surface area contributed by atoms with Crippen molar-refractivity contribution in [3.05, 3.63) is 84.1 Å². The van der Waals surface area contributed by atoms with E-state index in [4.69, 9.17) is 0 Å². The molecule has 38 heavy (non-hydrogen) atoms. The molecule has 0 bridgehead atoms. The normalized spacial score (nSPS) is 15.2. The molecule has 1 aliphatic heterocycles. The highest BCUT2D eigenvalue weighted by Gasteiger charge is 2.37. The van der Waals surface area contributed by atoms with Gasteiger partial charge in [-0.3, -0.25) is 4.98 Å². The van der Waals surface area contributed by atoms with Crippen molar-refractivity contribution >= 4 is 28.0 Å². The Labute approximate surface area is 215 Å². The summed E-state index contributed by atoms with van der Waals surface area (Å²) in [5.74, 6) is 0. The molecule has 4 nitrogen and oxygen atoms in total. The lowest BCUT2D eigenvalue weighted by Crippen LogP contribution is -2.44. The first-order valence-corrected chi connectivity index (χ1v) is 12.0. The molecule has 1 fully saturated rings. The van der Waals surface area contributed by atoms with Crippen molar-refractivity contribution in [1.82, 2.24) is 9.88 Å². The van der Waals surface area contributed by atoms with Gasteiger partial charge in [-0.15, -0.1) is 0 Å². The number of halogens is 6. The number of fused-ring (bicyclic) bond motifs is 1. The Kier molecular flexibility index (Phi) is 6.68. The zero-order valence-electron chi connectivity index (χ0n) is 20.4. The highest BCUT2D eigenvalue weighted by molar-refractivity contribution is 5.95. The van der Waals surface area contributed by atoms with E-state index >= 15 is 0 Å². The number of hydrogen-bond donors (Lipinski definition) is 1. The fraction of sp³-hybridized carbons (Fsp3) is 0.250. The molecule has 0 amide bonds. The molecule has 0 aliphatic carbocycles. The molecular weight excluding hydrogens is 506 g/mol. The molecule has 4 aromatic rings. The van der Waals surface area contributed by atoms with Crippen LogP contribution < -0.4 is 10.2 Å². The van der Waals surface area contributed by atoms with E-state index in [1.54, 1.807) is 24.4 Å². The molecule has 5 rings (SSSR count). The maximum atomic E-state index is 13.4. The standard InChI is InChI=1S/C28H24F6N4/c1-37-10-12-38(13-11-37)23-5-3-22(4-6-23)36-26-8-9-35-25-7-2-18(16-24(25)26)19-14-20(27(29,30)31)17-21(15-19)28(32,33)34/h2-9,14-17H,10-13H2,1H3,(H,35,36). The number of hydrogen-bond acceptors (Lipinski definition) is 4. The van der Waals surface area contributed by atoms with Gasteiger partial charge in [-0.25, -0.2) is 0 Å². The number of aromatic nitrogens is 1. The van der Waals surface area contributed by atoms with Crippen molar-refractivity contribution < 1.29 is 26.3 Å². The molecule has 10 heteroatoms. The summed E-state index contributed by atoms with van der Waals surface area (Å²) in [4.78, 5) is 8.89. The van der Waals surface area contributed by atoms with E-state index in [0.29, 0.717) is 16.6 Å². The first kappa shape index (κ1) is 25.8. The Balaban J connectivity index is 1.48. The van der Waals surface area contributed by atoms with E-state index in [0.717, 1.165) is 49.7 Å². The number of anilines is 3. The van der Waals surface area contributed by atoms with Crippen LogP contribution in [-0.2, 0) is 12.4 Å². The van der Waals surface area contributed by atoms with Crippen molar-refractivity contribution in [2.45, 2.75) is 12.4 Å². The molecule has 0 radical (unpaired) electrons. The van der Waals surface area contributed by atoms with Crippen LogP contribution in [0.4, 0.5) is 43.4 Å². The van der Waals surface area contributed by atoms with Gasteiger partial charge in [-0.1, -0.05) is 6.07 Å². The summed E-state index contributed by atoms with van der Waals surface area (Å²) in [5.41, 5.74) is 0.411. The third kappa shape index (κ3) is 5.55. The Bertz CT molecular complexity index is 1410. The zero-order valence-corrected chi connectivity index (χ0v) is 20.4. The van der Waals surface area contributed by atoms with Crippen molar-refractivity contribution in [3.8, 4) is 11.1 Å².